The number of carbonyl (C=O) groups excluding carboxylic acids is 1. The highest BCUT2D eigenvalue weighted by Crippen LogP contribution is 1.95. The average Bonchev–Trinajstić information content (AvgIpc) is 1.86. The molecule has 0 aromatic carbocycles. The zero-order chi connectivity index (χ0) is 8.85. The van der Waals surface area contributed by atoms with Crippen LogP contribution in [-0.2, 0) is 4.79 Å². The first-order chi connectivity index (χ1) is 5.07. The third-order valence-electron chi connectivity index (χ3n) is 1.19. The van der Waals surface area contributed by atoms with Crippen molar-refractivity contribution in [2.24, 2.45) is 0 Å². The lowest BCUT2D eigenvalue weighted by Crippen LogP contribution is -2.39. The lowest BCUT2D eigenvalue weighted by molar-refractivity contribution is -0.139. The molecule has 0 heterocycles. The molecule has 0 aromatic heterocycles. The third-order valence-corrected chi connectivity index (χ3v) is 1.19. The minimum Gasteiger partial charge on any atom is -0.480 e. The Kier molecular flexibility index (Phi) is 4.33. The van der Waals surface area contributed by atoms with Gasteiger partial charge in [-0.05, 0) is 6.42 Å². The Hall–Kier alpha value is -0.995. The van der Waals surface area contributed by atoms with E-state index in [0.717, 1.165) is 0 Å². The van der Waals surface area contributed by atoms with Crippen molar-refractivity contribution in [2.75, 3.05) is 0 Å². The smallest absolute Gasteiger partial charge is 0.326 e. The zero-order valence-electron chi connectivity index (χ0n) is 6.33. The second-order valence-corrected chi connectivity index (χ2v) is 2.19. The van der Waals surface area contributed by atoms with Gasteiger partial charge in [-0.2, -0.15) is 0 Å². The molecule has 1 atom stereocenters. The summed E-state index contributed by atoms with van der Waals surface area (Å²) in [6.45, 7) is 1.83. The van der Waals surface area contributed by atoms with Crippen LogP contribution in [0.3, 0.4) is 0 Å². The van der Waals surface area contributed by atoms with Gasteiger partial charge in [0.25, 0.3) is 0 Å². The molecule has 0 fully saturated rings. The maximum Gasteiger partial charge on any atom is 0.326 e. The molecule has 5 heteroatoms. The standard InChI is InChI=1S/C6H10BNO3/c1-2-3-4(5(9)10)8-6(7)11/h4H,2-3H2,1H3,(H,8,11)(H,9,10). The summed E-state index contributed by atoms with van der Waals surface area (Å²) in [5, 5.41) is 10.6. The summed E-state index contributed by atoms with van der Waals surface area (Å²) in [5.41, 5.74) is 0. The Balaban J connectivity index is 3.89. The number of hydrogen-bond donors (Lipinski definition) is 2. The number of carbonyl (C=O) groups is 2. The number of aliphatic carboxylic acids is 1. The van der Waals surface area contributed by atoms with Gasteiger partial charge >= 0.3 is 5.97 Å². The van der Waals surface area contributed by atoms with Crippen LogP contribution in [0.25, 0.3) is 0 Å². The molecular formula is C6H10BNO3. The summed E-state index contributed by atoms with van der Waals surface area (Å²) in [4.78, 5) is 20.6. The van der Waals surface area contributed by atoms with Gasteiger partial charge in [0.2, 0.25) is 7.85 Å². The molecular weight excluding hydrogens is 145 g/mol. The molecule has 0 aliphatic rings. The molecule has 0 saturated heterocycles. The Morgan fingerprint density at radius 2 is 2.18 bits per heavy atom. The van der Waals surface area contributed by atoms with Crippen LogP contribution in [0.5, 0.6) is 0 Å². The quantitative estimate of drug-likeness (QED) is 0.566. The first-order valence-electron chi connectivity index (χ1n) is 3.36. The van der Waals surface area contributed by atoms with Gasteiger partial charge in [0, 0.05) is 0 Å². The minimum atomic E-state index is -1.05. The number of hydrogen-bond acceptors (Lipinski definition) is 2. The van der Waals surface area contributed by atoms with E-state index in [1.54, 1.807) is 0 Å². The van der Waals surface area contributed by atoms with Crippen LogP contribution in [0.2, 0.25) is 0 Å². The molecule has 11 heavy (non-hydrogen) atoms. The number of nitrogens with one attached hydrogen (secondary N) is 1. The molecule has 0 saturated carbocycles. The molecule has 0 aromatic rings. The van der Waals surface area contributed by atoms with Gasteiger partial charge in [-0.1, -0.05) is 13.3 Å². The van der Waals surface area contributed by atoms with Crippen LogP contribution in [0.4, 0.5) is 4.79 Å². The summed E-state index contributed by atoms with van der Waals surface area (Å²) < 4.78 is 0. The second kappa shape index (κ2) is 4.76. The SMILES string of the molecule is [B]C(=O)NC(CCC)C(=O)O. The Bertz CT molecular complexity index is 160. The molecule has 0 rings (SSSR count). The molecule has 0 aliphatic carbocycles. The van der Waals surface area contributed by atoms with Crippen LogP contribution >= 0.6 is 0 Å². The highest BCUT2D eigenvalue weighted by atomic mass is 16.4. The van der Waals surface area contributed by atoms with E-state index >= 15 is 0 Å². The maximum atomic E-state index is 10.4. The summed E-state index contributed by atoms with van der Waals surface area (Å²) in [6.07, 6.45) is 1.09. The van der Waals surface area contributed by atoms with Gasteiger partial charge < -0.3 is 10.4 Å². The van der Waals surface area contributed by atoms with Gasteiger partial charge in [-0.15, -0.1) is 0 Å². The minimum absolute atomic E-state index is 0.401. The van der Waals surface area contributed by atoms with Crippen molar-refractivity contribution in [1.82, 2.24) is 5.32 Å². The lowest BCUT2D eigenvalue weighted by atomic mass is 10.1. The zero-order valence-corrected chi connectivity index (χ0v) is 6.33. The van der Waals surface area contributed by atoms with Crippen LogP contribution in [0.15, 0.2) is 0 Å². The van der Waals surface area contributed by atoms with E-state index in [9.17, 15) is 9.59 Å². The molecule has 0 aliphatic heterocycles. The molecule has 0 spiro atoms. The highest BCUT2D eigenvalue weighted by molar-refractivity contribution is 6.57. The van der Waals surface area contributed by atoms with Crippen LogP contribution in [-0.4, -0.2) is 30.8 Å². The van der Waals surface area contributed by atoms with Crippen LogP contribution in [0, 0.1) is 0 Å². The monoisotopic (exact) mass is 155 g/mol. The number of amides is 1. The summed E-state index contributed by atoms with van der Waals surface area (Å²) >= 11 is 0. The Labute approximate surface area is 66.4 Å². The van der Waals surface area contributed by atoms with Crippen molar-refractivity contribution < 1.29 is 14.7 Å². The summed E-state index contributed by atoms with van der Waals surface area (Å²) in [6, 6.07) is -0.850. The van der Waals surface area contributed by atoms with E-state index in [-0.39, 0.29) is 0 Å². The predicted octanol–water partition coefficient (Wildman–Crippen LogP) is 0.118. The van der Waals surface area contributed by atoms with Gasteiger partial charge in [-0.25, -0.2) is 4.79 Å². The number of rotatable bonds is 4. The topological polar surface area (TPSA) is 66.4 Å². The summed E-state index contributed by atoms with van der Waals surface area (Å²) in [5.74, 6) is -1.85. The van der Waals surface area contributed by atoms with Crippen LogP contribution < -0.4 is 5.32 Å². The lowest BCUT2D eigenvalue weighted by Gasteiger charge is -2.11. The van der Waals surface area contributed by atoms with Crippen molar-refractivity contribution in [2.45, 2.75) is 25.8 Å². The average molecular weight is 155 g/mol. The van der Waals surface area contributed by atoms with Gasteiger partial charge in [-0.3, -0.25) is 4.79 Å². The molecule has 4 nitrogen and oxygen atoms in total. The Morgan fingerprint density at radius 3 is 2.45 bits per heavy atom. The highest BCUT2D eigenvalue weighted by Gasteiger charge is 2.15. The fourth-order valence-corrected chi connectivity index (χ4v) is 0.718. The van der Waals surface area contributed by atoms with Crippen molar-refractivity contribution >= 4 is 19.6 Å². The maximum absolute atomic E-state index is 10.4. The third kappa shape index (κ3) is 4.41. The summed E-state index contributed by atoms with van der Waals surface area (Å²) in [7, 11) is 4.75. The Morgan fingerprint density at radius 1 is 1.64 bits per heavy atom. The van der Waals surface area contributed by atoms with E-state index in [1.165, 1.54) is 0 Å². The fourth-order valence-electron chi connectivity index (χ4n) is 0.718. The van der Waals surface area contributed by atoms with Crippen LogP contribution in [0.1, 0.15) is 19.8 Å². The van der Waals surface area contributed by atoms with Crippen molar-refractivity contribution in [3.63, 3.8) is 0 Å². The predicted molar refractivity (Wildman–Crippen MR) is 40.6 cm³/mol. The number of carboxylic acid groups (broad SMARTS) is 1. The fraction of sp³-hybridized carbons (Fsp3) is 0.667. The van der Waals surface area contributed by atoms with Gasteiger partial charge in [0.1, 0.15) is 6.04 Å². The van der Waals surface area contributed by atoms with Crippen molar-refractivity contribution in [3.05, 3.63) is 0 Å². The van der Waals surface area contributed by atoms with Crippen molar-refractivity contribution in [3.8, 4) is 0 Å². The first kappa shape index (κ1) is 10.0. The largest absolute Gasteiger partial charge is 0.480 e. The normalized spacial score (nSPS) is 12.1. The molecule has 1 amide bonds. The molecule has 2 N–H and O–H groups in total. The van der Waals surface area contributed by atoms with E-state index in [0.29, 0.717) is 12.8 Å². The molecule has 2 radical (unpaired) electrons. The van der Waals surface area contributed by atoms with Crippen molar-refractivity contribution in [1.29, 1.82) is 0 Å². The molecule has 1 unspecified atom stereocenters. The van der Waals surface area contributed by atoms with E-state index in [1.807, 2.05) is 6.92 Å². The van der Waals surface area contributed by atoms with Gasteiger partial charge in [0.05, 0.1) is 0 Å². The van der Waals surface area contributed by atoms with E-state index in [2.05, 4.69) is 5.32 Å². The number of carboxylic acids is 1. The van der Waals surface area contributed by atoms with E-state index < -0.39 is 17.8 Å². The van der Waals surface area contributed by atoms with E-state index in [4.69, 9.17) is 13.0 Å². The first-order valence-corrected chi connectivity index (χ1v) is 3.36. The molecule has 0 bridgehead atoms. The molecule has 60 valence electrons. The van der Waals surface area contributed by atoms with Gasteiger partial charge in [0.15, 0.2) is 5.81 Å². The second-order valence-electron chi connectivity index (χ2n) is 2.19.